The number of rotatable bonds is 7. The van der Waals surface area contributed by atoms with Gasteiger partial charge in [-0.3, -0.25) is 4.90 Å². The van der Waals surface area contributed by atoms with Gasteiger partial charge in [0.1, 0.15) is 5.69 Å². The van der Waals surface area contributed by atoms with Crippen molar-refractivity contribution >= 4 is 34.6 Å². The monoisotopic (exact) mass is 472 g/mol. The molecule has 3 aromatic rings. The molecule has 2 aromatic carbocycles. The van der Waals surface area contributed by atoms with Gasteiger partial charge in [-0.15, -0.1) is 0 Å². The van der Waals surface area contributed by atoms with E-state index in [-0.39, 0.29) is 0 Å². The summed E-state index contributed by atoms with van der Waals surface area (Å²) in [4.78, 5) is 17.2. The molecule has 1 saturated heterocycles. The van der Waals surface area contributed by atoms with E-state index in [0.29, 0.717) is 29.4 Å². The Balaban J connectivity index is 1.36. The fourth-order valence-electron chi connectivity index (χ4n) is 3.98. The molecule has 2 heterocycles. The van der Waals surface area contributed by atoms with Crippen molar-refractivity contribution in [3.05, 3.63) is 85.8 Å². The first-order valence-electron chi connectivity index (χ1n) is 10.7. The molecule has 1 aromatic heterocycles. The van der Waals surface area contributed by atoms with Gasteiger partial charge in [0.25, 0.3) is 0 Å². The van der Waals surface area contributed by atoms with Gasteiger partial charge >= 0.3 is 5.63 Å². The van der Waals surface area contributed by atoms with E-state index in [1.807, 2.05) is 49.4 Å². The van der Waals surface area contributed by atoms with Crippen LogP contribution >= 0.6 is 23.2 Å². The van der Waals surface area contributed by atoms with Crippen LogP contribution in [0.25, 0.3) is 0 Å². The van der Waals surface area contributed by atoms with Crippen molar-refractivity contribution in [3.8, 4) is 0 Å². The van der Waals surface area contributed by atoms with E-state index in [4.69, 9.17) is 27.7 Å². The fourth-order valence-corrected chi connectivity index (χ4v) is 4.37. The van der Waals surface area contributed by atoms with Gasteiger partial charge in [0, 0.05) is 67.0 Å². The van der Waals surface area contributed by atoms with Crippen LogP contribution in [0.1, 0.15) is 16.8 Å². The average molecular weight is 473 g/mol. The number of hydrogen-bond acceptors (Lipinski definition) is 6. The molecule has 6 nitrogen and oxygen atoms in total. The highest BCUT2D eigenvalue weighted by Crippen LogP contribution is 2.24. The third kappa shape index (κ3) is 5.44. The highest BCUT2D eigenvalue weighted by Gasteiger charge is 2.19. The molecule has 1 fully saturated rings. The van der Waals surface area contributed by atoms with Gasteiger partial charge < -0.3 is 14.7 Å². The largest absolute Gasteiger partial charge is 0.381 e. The van der Waals surface area contributed by atoms with E-state index in [9.17, 15) is 4.79 Å². The minimum absolute atomic E-state index is 0.455. The van der Waals surface area contributed by atoms with Crippen LogP contribution in [-0.4, -0.2) is 49.3 Å². The number of anilines is 2. The predicted octanol–water partition coefficient (Wildman–Crippen LogP) is 4.47. The van der Waals surface area contributed by atoms with Crippen molar-refractivity contribution in [1.29, 1.82) is 0 Å². The Morgan fingerprint density at radius 2 is 1.84 bits per heavy atom. The normalized spacial score (nSPS) is 14.5. The Hall–Kier alpha value is -2.54. The minimum Gasteiger partial charge on any atom is -0.378 e. The summed E-state index contributed by atoms with van der Waals surface area (Å²) < 4.78 is 4.98. The summed E-state index contributed by atoms with van der Waals surface area (Å²) in [6, 6.07) is 15.6. The first-order valence-corrected chi connectivity index (χ1v) is 11.5. The zero-order valence-electron chi connectivity index (χ0n) is 18.0. The molecule has 1 aliphatic heterocycles. The second kappa shape index (κ2) is 10.4. The maximum Gasteiger partial charge on any atom is 0.381 e. The molecule has 32 heavy (non-hydrogen) atoms. The number of nitrogens with zero attached hydrogens (tertiary/aromatic N) is 3. The molecule has 0 aliphatic carbocycles. The molecule has 0 saturated carbocycles. The topological polar surface area (TPSA) is 61.6 Å². The summed E-state index contributed by atoms with van der Waals surface area (Å²) in [5.41, 5.74) is 3.62. The SMILES string of the molecule is Cc1noc(=O)c(NCCN2CCN(c3cccc(Cl)c3)CC2)c1Cc1ccccc1Cl. The number of nitrogens with one attached hydrogen (secondary N) is 1. The molecular formula is C24H26Cl2N4O2. The molecule has 0 radical (unpaired) electrons. The van der Waals surface area contributed by atoms with E-state index < -0.39 is 5.63 Å². The van der Waals surface area contributed by atoms with Gasteiger partial charge in [-0.1, -0.05) is 52.6 Å². The van der Waals surface area contributed by atoms with Crippen LogP contribution in [-0.2, 0) is 6.42 Å². The molecule has 8 heteroatoms. The maximum absolute atomic E-state index is 12.4. The highest BCUT2D eigenvalue weighted by atomic mass is 35.5. The second-order valence-electron chi connectivity index (χ2n) is 7.91. The number of aryl methyl sites for hydroxylation is 1. The lowest BCUT2D eigenvalue weighted by molar-refractivity contribution is 0.267. The Bertz CT molecular complexity index is 1130. The second-order valence-corrected chi connectivity index (χ2v) is 8.76. The molecule has 1 aliphatic rings. The predicted molar refractivity (Wildman–Crippen MR) is 130 cm³/mol. The maximum atomic E-state index is 12.4. The van der Waals surface area contributed by atoms with E-state index in [1.54, 1.807) is 0 Å². The molecular weight excluding hydrogens is 447 g/mol. The number of aromatic nitrogens is 1. The zero-order valence-corrected chi connectivity index (χ0v) is 19.5. The summed E-state index contributed by atoms with van der Waals surface area (Å²) in [5.74, 6) is 0. The first kappa shape index (κ1) is 22.6. The first-order chi connectivity index (χ1) is 15.5. The lowest BCUT2D eigenvalue weighted by atomic mass is 10.0. The molecule has 0 spiro atoms. The zero-order chi connectivity index (χ0) is 22.5. The standard InChI is InChI=1S/C24H26Cl2N4O2/c1-17-21(15-18-5-2-3-8-22(18)26)23(24(31)32-28-17)27-9-10-29-11-13-30(14-12-29)20-7-4-6-19(25)16-20/h2-8,16,27H,9-15H2,1H3. The van der Waals surface area contributed by atoms with Crippen LogP contribution in [0.2, 0.25) is 10.0 Å². The van der Waals surface area contributed by atoms with Gasteiger partial charge in [-0.05, 0) is 36.8 Å². The Kier molecular flexibility index (Phi) is 7.35. The van der Waals surface area contributed by atoms with Gasteiger partial charge in [0.2, 0.25) is 0 Å². The highest BCUT2D eigenvalue weighted by molar-refractivity contribution is 6.31. The van der Waals surface area contributed by atoms with Crippen LogP contribution in [0.3, 0.4) is 0 Å². The lowest BCUT2D eigenvalue weighted by Gasteiger charge is -2.36. The quantitative estimate of drug-likeness (QED) is 0.546. The minimum atomic E-state index is -0.455. The summed E-state index contributed by atoms with van der Waals surface area (Å²) in [6.07, 6.45) is 0.519. The van der Waals surface area contributed by atoms with Crippen LogP contribution in [0, 0.1) is 6.92 Å². The molecule has 168 valence electrons. The van der Waals surface area contributed by atoms with E-state index >= 15 is 0 Å². The average Bonchev–Trinajstić information content (AvgIpc) is 2.80. The van der Waals surface area contributed by atoms with E-state index in [1.165, 1.54) is 0 Å². The molecule has 1 N–H and O–H groups in total. The van der Waals surface area contributed by atoms with Gasteiger partial charge in [0.15, 0.2) is 0 Å². The summed E-state index contributed by atoms with van der Waals surface area (Å²) in [7, 11) is 0. The Morgan fingerprint density at radius 3 is 2.59 bits per heavy atom. The van der Waals surface area contributed by atoms with Gasteiger partial charge in [-0.2, -0.15) is 0 Å². The van der Waals surface area contributed by atoms with Crippen LogP contribution in [0.15, 0.2) is 57.8 Å². The van der Waals surface area contributed by atoms with E-state index in [2.05, 4.69) is 26.3 Å². The number of benzene rings is 2. The smallest absolute Gasteiger partial charge is 0.378 e. The molecule has 0 bridgehead atoms. The molecule has 0 atom stereocenters. The lowest BCUT2D eigenvalue weighted by Crippen LogP contribution is -2.47. The fraction of sp³-hybridized carbons (Fsp3) is 0.333. The summed E-state index contributed by atoms with van der Waals surface area (Å²) in [5, 5.41) is 8.64. The van der Waals surface area contributed by atoms with Crippen LogP contribution in [0.4, 0.5) is 11.4 Å². The van der Waals surface area contributed by atoms with Crippen molar-refractivity contribution in [3.63, 3.8) is 0 Å². The Labute approximate surface area is 197 Å². The summed E-state index contributed by atoms with van der Waals surface area (Å²) in [6.45, 7) is 7.09. The third-order valence-electron chi connectivity index (χ3n) is 5.81. The van der Waals surface area contributed by atoms with Crippen molar-refractivity contribution in [2.45, 2.75) is 13.3 Å². The molecule has 4 rings (SSSR count). The van der Waals surface area contributed by atoms with Gasteiger partial charge in [0.05, 0.1) is 5.69 Å². The van der Waals surface area contributed by atoms with Crippen molar-refractivity contribution in [2.24, 2.45) is 0 Å². The number of halogens is 2. The Morgan fingerprint density at radius 1 is 1.06 bits per heavy atom. The van der Waals surface area contributed by atoms with Crippen molar-refractivity contribution in [1.82, 2.24) is 10.1 Å². The van der Waals surface area contributed by atoms with Gasteiger partial charge in [-0.25, -0.2) is 4.79 Å². The van der Waals surface area contributed by atoms with Crippen molar-refractivity contribution < 1.29 is 4.52 Å². The van der Waals surface area contributed by atoms with Crippen LogP contribution in [0.5, 0.6) is 0 Å². The molecule has 0 unspecified atom stereocenters. The van der Waals surface area contributed by atoms with E-state index in [0.717, 1.165) is 54.6 Å². The molecule has 0 amide bonds. The van der Waals surface area contributed by atoms with Crippen molar-refractivity contribution in [2.75, 3.05) is 49.5 Å². The number of hydrogen-bond donors (Lipinski definition) is 1. The third-order valence-corrected chi connectivity index (χ3v) is 6.41. The summed E-state index contributed by atoms with van der Waals surface area (Å²) >= 11 is 12.5. The number of piperazine rings is 1. The van der Waals surface area contributed by atoms with Crippen LogP contribution < -0.4 is 15.8 Å².